The van der Waals surface area contributed by atoms with Crippen LogP contribution in [0.3, 0.4) is 0 Å². The minimum atomic E-state index is 1.04. The molecular weight excluding hydrogens is 234 g/mol. The van der Waals surface area contributed by atoms with Gasteiger partial charge in [-0.1, -0.05) is 24.6 Å². The Bertz CT molecular complexity index is 395. The molecule has 0 saturated carbocycles. The lowest BCUT2D eigenvalue weighted by molar-refractivity contribution is 0.141. The summed E-state index contributed by atoms with van der Waals surface area (Å²) in [6, 6.07) is 6.61. The normalized spacial score (nSPS) is 17.6. The highest BCUT2D eigenvalue weighted by molar-refractivity contribution is 5.51. The summed E-state index contributed by atoms with van der Waals surface area (Å²) in [4.78, 5) is 5.08. The number of anilines is 1. The Labute approximate surface area is 117 Å². The van der Waals surface area contributed by atoms with Crippen LogP contribution in [0.4, 0.5) is 5.69 Å². The Morgan fingerprint density at radius 2 is 1.74 bits per heavy atom. The van der Waals surface area contributed by atoms with Crippen LogP contribution in [0.5, 0.6) is 0 Å². The maximum Gasteiger partial charge on any atom is 0.0370 e. The molecule has 1 heterocycles. The van der Waals surface area contributed by atoms with Gasteiger partial charge in [0.25, 0.3) is 0 Å². The van der Waals surface area contributed by atoms with Gasteiger partial charge in [-0.05, 0) is 32.0 Å². The largest absolute Gasteiger partial charge is 0.384 e. The van der Waals surface area contributed by atoms with Crippen LogP contribution in [-0.2, 0) is 0 Å². The topological polar surface area (TPSA) is 18.5 Å². The van der Waals surface area contributed by atoms with Crippen LogP contribution in [0, 0.1) is 13.8 Å². The van der Waals surface area contributed by atoms with Gasteiger partial charge < -0.3 is 10.2 Å². The summed E-state index contributed by atoms with van der Waals surface area (Å²) in [6.07, 6.45) is 0. The highest BCUT2D eigenvalue weighted by Crippen LogP contribution is 2.15. The van der Waals surface area contributed by atoms with Crippen molar-refractivity contribution in [3.05, 3.63) is 29.3 Å². The fraction of sp³-hybridized carbons (Fsp3) is 0.625. The van der Waals surface area contributed by atoms with Crippen LogP contribution in [0.2, 0.25) is 0 Å². The molecule has 0 amide bonds. The van der Waals surface area contributed by atoms with Crippen LogP contribution < -0.4 is 5.32 Å². The molecule has 1 saturated heterocycles. The highest BCUT2D eigenvalue weighted by Gasteiger charge is 2.14. The molecule has 0 radical (unpaired) electrons. The summed E-state index contributed by atoms with van der Waals surface area (Å²) in [5.41, 5.74) is 3.95. The zero-order valence-corrected chi connectivity index (χ0v) is 12.6. The van der Waals surface area contributed by atoms with Crippen LogP contribution in [0.25, 0.3) is 0 Å². The van der Waals surface area contributed by atoms with Crippen LogP contribution in [0.15, 0.2) is 18.2 Å². The first-order valence-electron chi connectivity index (χ1n) is 7.45. The second kappa shape index (κ2) is 6.92. The Morgan fingerprint density at radius 3 is 2.37 bits per heavy atom. The van der Waals surface area contributed by atoms with Gasteiger partial charge in [-0.3, -0.25) is 4.90 Å². The predicted octanol–water partition coefficient (Wildman–Crippen LogP) is 2.35. The number of benzene rings is 1. The van der Waals surface area contributed by atoms with E-state index in [4.69, 9.17) is 0 Å². The van der Waals surface area contributed by atoms with Crippen LogP contribution >= 0.6 is 0 Å². The van der Waals surface area contributed by atoms with E-state index in [-0.39, 0.29) is 0 Å². The maximum atomic E-state index is 3.56. The summed E-state index contributed by atoms with van der Waals surface area (Å²) < 4.78 is 0. The predicted molar refractivity (Wildman–Crippen MR) is 83.0 cm³/mol. The number of nitrogens with zero attached hydrogens (tertiary/aromatic N) is 2. The molecule has 3 heteroatoms. The molecule has 2 rings (SSSR count). The summed E-state index contributed by atoms with van der Waals surface area (Å²) >= 11 is 0. The van der Waals surface area contributed by atoms with E-state index in [1.807, 2.05) is 0 Å². The lowest BCUT2D eigenvalue weighted by atomic mass is 10.1. The molecule has 0 aromatic heterocycles. The Morgan fingerprint density at radius 1 is 1.05 bits per heavy atom. The molecule has 0 bridgehead atoms. The first kappa shape index (κ1) is 14.4. The van der Waals surface area contributed by atoms with Gasteiger partial charge in [-0.15, -0.1) is 0 Å². The van der Waals surface area contributed by atoms with Gasteiger partial charge in [0.15, 0.2) is 0 Å². The average molecular weight is 261 g/mol. The van der Waals surface area contributed by atoms with Crippen molar-refractivity contribution >= 4 is 5.69 Å². The van der Waals surface area contributed by atoms with E-state index in [1.165, 1.54) is 49.5 Å². The third kappa shape index (κ3) is 4.22. The van der Waals surface area contributed by atoms with Crippen molar-refractivity contribution in [2.75, 3.05) is 51.1 Å². The van der Waals surface area contributed by atoms with Crippen molar-refractivity contribution in [3.63, 3.8) is 0 Å². The van der Waals surface area contributed by atoms with Crippen molar-refractivity contribution in [2.45, 2.75) is 20.8 Å². The van der Waals surface area contributed by atoms with E-state index < -0.39 is 0 Å². The molecule has 0 aliphatic carbocycles. The number of aryl methyl sites for hydroxylation is 2. The molecule has 19 heavy (non-hydrogen) atoms. The molecule has 1 fully saturated rings. The maximum absolute atomic E-state index is 3.56. The van der Waals surface area contributed by atoms with Crippen molar-refractivity contribution in [3.8, 4) is 0 Å². The molecule has 106 valence electrons. The molecule has 0 unspecified atom stereocenters. The number of hydrogen-bond acceptors (Lipinski definition) is 3. The third-order valence-electron chi connectivity index (χ3n) is 4.04. The van der Waals surface area contributed by atoms with E-state index in [9.17, 15) is 0 Å². The molecule has 1 aromatic rings. The van der Waals surface area contributed by atoms with E-state index >= 15 is 0 Å². The van der Waals surface area contributed by atoms with Gasteiger partial charge in [0, 0.05) is 45.0 Å². The van der Waals surface area contributed by atoms with Crippen LogP contribution in [-0.4, -0.2) is 55.6 Å². The SMILES string of the molecule is CCN1CCN(CCNc2ccc(C)cc2C)CC1. The molecule has 1 aliphatic heterocycles. The summed E-state index contributed by atoms with van der Waals surface area (Å²) in [7, 11) is 0. The summed E-state index contributed by atoms with van der Waals surface area (Å²) in [6.45, 7) is 14.8. The van der Waals surface area contributed by atoms with Crippen molar-refractivity contribution in [1.82, 2.24) is 9.80 Å². The number of nitrogens with one attached hydrogen (secondary N) is 1. The number of hydrogen-bond donors (Lipinski definition) is 1. The molecule has 0 atom stereocenters. The van der Waals surface area contributed by atoms with Gasteiger partial charge in [0.2, 0.25) is 0 Å². The van der Waals surface area contributed by atoms with Gasteiger partial charge in [0.05, 0.1) is 0 Å². The molecule has 1 aliphatic rings. The van der Waals surface area contributed by atoms with Crippen LogP contribution in [0.1, 0.15) is 18.1 Å². The minimum absolute atomic E-state index is 1.04. The number of rotatable bonds is 5. The second-order valence-corrected chi connectivity index (χ2v) is 5.52. The Kier molecular flexibility index (Phi) is 5.23. The first-order valence-corrected chi connectivity index (χ1v) is 7.45. The monoisotopic (exact) mass is 261 g/mol. The zero-order chi connectivity index (χ0) is 13.7. The fourth-order valence-corrected chi connectivity index (χ4v) is 2.69. The van der Waals surface area contributed by atoms with E-state index in [1.54, 1.807) is 0 Å². The Balaban J connectivity index is 1.72. The van der Waals surface area contributed by atoms with Gasteiger partial charge in [-0.2, -0.15) is 0 Å². The number of likely N-dealkylation sites (N-methyl/N-ethyl adjacent to an activating group) is 1. The molecule has 3 nitrogen and oxygen atoms in total. The molecule has 1 aromatic carbocycles. The lowest BCUT2D eigenvalue weighted by Gasteiger charge is -2.34. The lowest BCUT2D eigenvalue weighted by Crippen LogP contribution is -2.47. The van der Waals surface area contributed by atoms with Crippen molar-refractivity contribution < 1.29 is 0 Å². The highest BCUT2D eigenvalue weighted by atomic mass is 15.3. The second-order valence-electron chi connectivity index (χ2n) is 5.52. The standard InChI is InChI=1S/C16H27N3/c1-4-18-9-11-19(12-10-18)8-7-17-16-6-5-14(2)13-15(16)3/h5-6,13,17H,4,7-12H2,1-3H3. The molecular formula is C16H27N3. The fourth-order valence-electron chi connectivity index (χ4n) is 2.69. The quantitative estimate of drug-likeness (QED) is 0.878. The van der Waals surface area contributed by atoms with E-state index in [0.29, 0.717) is 0 Å². The Hall–Kier alpha value is -1.06. The van der Waals surface area contributed by atoms with Crippen molar-refractivity contribution in [2.24, 2.45) is 0 Å². The van der Waals surface area contributed by atoms with Crippen molar-refractivity contribution in [1.29, 1.82) is 0 Å². The number of piperazine rings is 1. The first-order chi connectivity index (χ1) is 9.19. The zero-order valence-electron chi connectivity index (χ0n) is 12.6. The molecule has 0 spiro atoms. The van der Waals surface area contributed by atoms with E-state index in [0.717, 1.165) is 13.1 Å². The third-order valence-corrected chi connectivity index (χ3v) is 4.04. The van der Waals surface area contributed by atoms with Gasteiger partial charge in [-0.25, -0.2) is 0 Å². The van der Waals surface area contributed by atoms with Gasteiger partial charge >= 0.3 is 0 Å². The molecule has 1 N–H and O–H groups in total. The summed E-state index contributed by atoms with van der Waals surface area (Å²) in [5, 5.41) is 3.56. The average Bonchev–Trinajstić information content (AvgIpc) is 2.42. The minimum Gasteiger partial charge on any atom is -0.384 e. The van der Waals surface area contributed by atoms with E-state index in [2.05, 4.69) is 54.1 Å². The summed E-state index contributed by atoms with van der Waals surface area (Å²) in [5.74, 6) is 0. The smallest absolute Gasteiger partial charge is 0.0370 e. The van der Waals surface area contributed by atoms with Gasteiger partial charge in [0.1, 0.15) is 0 Å².